The monoisotopic (exact) mass is 402 g/mol. The molecule has 28 heavy (non-hydrogen) atoms. The number of benzene rings is 1. The van der Waals surface area contributed by atoms with Crippen molar-refractivity contribution < 1.29 is 14.7 Å². The second-order valence-corrected chi connectivity index (χ2v) is 8.62. The van der Waals surface area contributed by atoms with Gasteiger partial charge in [-0.1, -0.05) is 24.3 Å². The maximum absolute atomic E-state index is 13.0. The molecule has 2 atom stereocenters. The number of β-amino-alcohol motifs (C(OH)–C–C–N with tert-alkyl or cyclic N) is 1. The number of carbonyl (C=O) groups is 2. The van der Waals surface area contributed by atoms with Crippen molar-refractivity contribution in [2.24, 2.45) is 5.73 Å². The lowest BCUT2D eigenvalue weighted by Crippen LogP contribution is -2.56. The molecule has 8 heteroatoms. The van der Waals surface area contributed by atoms with Gasteiger partial charge in [-0.05, 0) is 38.3 Å². The number of hydrogen-bond donors (Lipinski definition) is 3. The van der Waals surface area contributed by atoms with Crippen LogP contribution in [-0.4, -0.2) is 51.0 Å². The van der Waals surface area contributed by atoms with Gasteiger partial charge in [-0.2, -0.15) is 0 Å². The van der Waals surface area contributed by atoms with Gasteiger partial charge in [0.1, 0.15) is 0 Å². The fourth-order valence-electron chi connectivity index (χ4n) is 3.21. The minimum Gasteiger partial charge on any atom is -0.392 e. The summed E-state index contributed by atoms with van der Waals surface area (Å²) in [6.45, 7) is 5.61. The van der Waals surface area contributed by atoms with E-state index in [1.54, 1.807) is 25.2 Å². The molecule has 0 unspecified atom stereocenters. The number of aliphatic hydroxyl groups excluding tert-OH is 1. The molecule has 4 N–H and O–H groups in total. The summed E-state index contributed by atoms with van der Waals surface area (Å²) in [6.07, 6.45) is -0.296. The first-order chi connectivity index (χ1) is 13.2. The van der Waals surface area contributed by atoms with Crippen LogP contribution in [0.15, 0.2) is 29.8 Å². The van der Waals surface area contributed by atoms with E-state index in [1.807, 2.05) is 36.7 Å². The summed E-state index contributed by atoms with van der Waals surface area (Å²) in [5, 5.41) is 12.7. The predicted octanol–water partition coefficient (Wildman–Crippen LogP) is 1.43. The van der Waals surface area contributed by atoms with E-state index in [4.69, 9.17) is 5.73 Å². The van der Waals surface area contributed by atoms with Crippen LogP contribution in [0.1, 0.15) is 31.5 Å². The van der Waals surface area contributed by atoms with E-state index in [9.17, 15) is 14.7 Å². The molecule has 2 amide bonds. The van der Waals surface area contributed by atoms with Crippen LogP contribution in [0.25, 0.3) is 10.4 Å². The second kappa shape index (κ2) is 8.08. The van der Waals surface area contributed by atoms with Crippen molar-refractivity contribution in [3.63, 3.8) is 0 Å². The molecule has 1 saturated heterocycles. The van der Waals surface area contributed by atoms with Crippen LogP contribution in [-0.2, 0) is 16.1 Å². The molecule has 2 heterocycles. The Morgan fingerprint density at radius 1 is 1.36 bits per heavy atom. The van der Waals surface area contributed by atoms with Crippen LogP contribution >= 0.6 is 11.3 Å². The number of imide groups is 1. The van der Waals surface area contributed by atoms with Crippen LogP contribution < -0.4 is 11.1 Å². The molecule has 0 saturated carbocycles. The molecule has 1 fully saturated rings. The molecule has 150 valence electrons. The lowest BCUT2D eigenvalue weighted by molar-refractivity contribution is -0.149. The normalized spacial score (nSPS) is 19.6. The lowest BCUT2D eigenvalue weighted by atomic mass is 10.0. The fourth-order valence-corrected chi connectivity index (χ4v) is 4.03. The zero-order chi connectivity index (χ0) is 20.5. The highest BCUT2D eigenvalue weighted by atomic mass is 32.1. The Hall–Kier alpha value is -2.13. The Morgan fingerprint density at radius 3 is 2.54 bits per heavy atom. The highest BCUT2D eigenvalue weighted by molar-refractivity contribution is 7.13. The SMILES string of the molecule is Cc1ncsc1-c1ccc(CN(C(=O)[C@@H]2C[C@@H](O)CN2)C(=O)C(C)(C)N)cc1. The zero-order valence-electron chi connectivity index (χ0n) is 16.3. The summed E-state index contributed by atoms with van der Waals surface area (Å²) in [4.78, 5) is 32.3. The molecular formula is C20H26N4O3S. The number of aliphatic hydroxyl groups is 1. The Balaban J connectivity index is 1.82. The van der Waals surface area contributed by atoms with Crippen LogP contribution in [0.3, 0.4) is 0 Å². The molecule has 0 spiro atoms. The van der Waals surface area contributed by atoms with Gasteiger partial charge in [0.15, 0.2) is 0 Å². The zero-order valence-corrected chi connectivity index (χ0v) is 17.1. The van der Waals surface area contributed by atoms with Gasteiger partial charge in [-0.15, -0.1) is 11.3 Å². The number of nitrogens with two attached hydrogens (primary N) is 1. The van der Waals surface area contributed by atoms with Gasteiger partial charge in [0.25, 0.3) is 0 Å². The third-order valence-corrected chi connectivity index (χ3v) is 5.75. The summed E-state index contributed by atoms with van der Waals surface area (Å²) < 4.78 is 0. The van der Waals surface area contributed by atoms with Gasteiger partial charge in [0, 0.05) is 6.54 Å². The lowest BCUT2D eigenvalue weighted by Gasteiger charge is -2.30. The minimum atomic E-state index is -1.17. The van der Waals surface area contributed by atoms with Crippen molar-refractivity contribution in [1.82, 2.24) is 15.2 Å². The topological polar surface area (TPSA) is 109 Å². The van der Waals surface area contributed by atoms with Crippen LogP contribution in [0.5, 0.6) is 0 Å². The molecule has 7 nitrogen and oxygen atoms in total. The maximum Gasteiger partial charge on any atom is 0.249 e. The number of thiazole rings is 1. The highest BCUT2D eigenvalue weighted by Gasteiger charge is 2.38. The third-order valence-electron chi connectivity index (χ3n) is 4.77. The van der Waals surface area contributed by atoms with Crippen LogP contribution in [0, 0.1) is 6.92 Å². The molecule has 0 aliphatic carbocycles. The summed E-state index contributed by atoms with van der Waals surface area (Å²) in [7, 11) is 0. The van der Waals surface area contributed by atoms with Gasteiger partial charge in [0.05, 0.1) is 40.3 Å². The fraction of sp³-hybridized carbons (Fsp3) is 0.450. The van der Waals surface area contributed by atoms with Gasteiger partial charge in [-0.25, -0.2) is 4.98 Å². The van der Waals surface area contributed by atoms with E-state index in [0.29, 0.717) is 6.54 Å². The van der Waals surface area contributed by atoms with Crippen molar-refractivity contribution >= 4 is 23.2 Å². The summed E-state index contributed by atoms with van der Waals surface area (Å²) in [6, 6.07) is 7.16. The van der Waals surface area contributed by atoms with E-state index >= 15 is 0 Å². The maximum atomic E-state index is 13.0. The molecule has 3 rings (SSSR count). The Morgan fingerprint density at radius 2 is 2.04 bits per heavy atom. The number of nitrogens with zero attached hydrogens (tertiary/aromatic N) is 2. The van der Waals surface area contributed by atoms with Crippen molar-refractivity contribution in [3.05, 3.63) is 41.0 Å². The summed E-state index contributed by atoms with van der Waals surface area (Å²) in [5.41, 5.74) is 9.47. The Bertz CT molecular complexity index is 857. The molecule has 1 aliphatic heterocycles. The van der Waals surface area contributed by atoms with Crippen molar-refractivity contribution in [2.45, 2.75) is 51.4 Å². The van der Waals surface area contributed by atoms with Gasteiger partial charge in [0.2, 0.25) is 11.8 Å². The second-order valence-electron chi connectivity index (χ2n) is 7.77. The number of nitrogens with one attached hydrogen (secondary N) is 1. The van der Waals surface area contributed by atoms with Crippen LogP contribution in [0.4, 0.5) is 0 Å². The van der Waals surface area contributed by atoms with E-state index in [0.717, 1.165) is 21.7 Å². The average molecular weight is 403 g/mol. The van der Waals surface area contributed by atoms with Gasteiger partial charge < -0.3 is 16.2 Å². The smallest absolute Gasteiger partial charge is 0.249 e. The first kappa shape index (κ1) is 20.6. The molecule has 0 radical (unpaired) electrons. The Kier molecular flexibility index (Phi) is 5.95. The standard InChI is InChI=1S/C20H26N4O3S/c1-12-17(28-11-23-12)14-6-4-13(5-7-14)10-24(19(27)20(2,3)21)18(26)16-8-15(25)9-22-16/h4-7,11,15-16,22,25H,8-10,21H2,1-3H3/t15-,16+/m1/s1. The molecule has 1 aromatic carbocycles. The quantitative estimate of drug-likeness (QED) is 0.698. The highest BCUT2D eigenvalue weighted by Crippen LogP contribution is 2.27. The Labute approximate surface area is 168 Å². The largest absolute Gasteiger partial charge is 0.392 e. The van der Waals surface area contributed by atoms with Gasteiger partial charge >= 0.3 is 0 Å². The molecule has 0 bridgehead atoms. The minimum absolute atomic E-state index is 0.133. The number of hydrogen-bond acceptors (Lipinski definition) is 7. The first-order valence-corrected chi connectivity index (χ1v) is 10.1. The van der Waals surface area contributed by atoms with E-state index < -0.39 is 23.6 Å². The summed E-state index contributed by atoms with van der Waals surface area (Å²) >= 11 is 1.57. The predicted molar refractivity (Wildman–Crippen MR) is 109 cm³/mol. The molecule has 1 aliphatic rings. The summed E-state index contributed by atoms with van der Waals surface area (Å²) in [5.74, 6) is -0.800. The van der Waals surface area contributed by atoms with E-state index in [1.165, 1.54) is 4.90 Å². The number of amides is 2. The van der Waals surface area contributed by atoms with Crippen LogP contribution in [0.2, 0.25) is 0 Å². The van der Waals surface area contributed by atoms with Crippen molar-refractivity contribution in [2.75, 3.05) is 6.54 Å². The first-order valence-electron chi connectivity index (χ1n) is 9.22. The number of carbonyl (C=O) groups excluding carboxylic acids is 2. The molecular weight excluding hydrogens is 376 g/mol. The number of aromatic nitrogens is 1. The molecule has 1 aromatic heterocycles. The van der Waals surface area contributed by atoms with E-state index in [-0.39, 0.29) is 18.9 Å². The third kappa shape index (κ3) is 4.47. The van der Waals surface area contributed by atoms with Gasteiger partial charge in [-0.3, -0.25) is 14.5 Å². The van der Waals surface area contributed by atoms with Crippen molar-refractivity contribution in [1.29, 1.82) is 0 Å². The van der Waals surface area contributed by atoms with E-state index in [2.05, 4.69) is 10.3 Å². The number of aryl methyl sites for hydroxylation is 1. The molecule has 2 aromatic rings. The number of rotatable bonds is 5. The average Bonchev–Trinajstić information content (AvgIpc) is 3.26. The van der Waals surface area contributed by atoms with Crippen molar-refractivity contribution in [3.8, 4) is 10.4 Å².